The molecule has 6 rings (SSSR count). The molecule has 4 aliphatic rings. The number of nitrogens with one attached hydrogen (secondary N) is 1. The van der Waals surface area contributed by atoms with E-state index < -0.39 is 41.5 Å². The third kappa shape index (κ3) is 5.78. The molecular formula is C34H36ClN3O7. The summed E-state index contributed by atoms with van der Waals surface area (Å²) in [5.41, 5.74) is -0.179. The van der Waals surface area contributed by atoms with Gasteiger partial charge in [0.15, 0.2) is 0 Å². The van der Waals surface area contributed by atoms with Crippen LogP contribution in [0.25, 0.3) is 0 Å². The van der Waals surface area contributed by atoms with Crippen LogP contribution in [0.1, 0.15) is 37.3 Å². The zero-order valence-corrected chi connectivity index (χ0v) is 25.5. The molecule has 0 saturated carbocycles. The Balaban J connectivity index is 1.42. The molecule has 2 saturated heterocycles. The van der Waals surface area contributed by atoms with Crippen LogP contribution in [0.3, 0.4) is 0 Å². The van der Waals surface area contributed by atoms with Crippen molar-refractivity contribution in [2.24, 2.45) is 11.8 Å². The van der Waals surface area contributed by atoms with Gasteiger partial charge in [-0.15, -0.1) is 0 Å². The summed E-state index contributed by atoms with van der Waals surface area (Å²) in [7, 11) is 0. The van der Waals surface area contributed by atoms with E-state index in [1.807, 2.05) is 30.3 Å². The van der Waals surface area contributed by atoms with Crippen molar-refractivity contribution in [3.8, 4) is 0 Å². The number of carbonyl (C=O) groups excluding carboxylic acids is 4. The van der Waals surface area contributed by atoms with Crippen LogP contribution in [0.15, 0.2) is 78.9 Å². The predicted molar refractivity (Wildman–Crippen MR) is 166 cm³/mol. The lowest BCUT2D eigenvalue weighted by atomic mass is 9.77. The van der Waals surface area contributed by atoms with E-state index in [2.05, 4.69) is 5.32 Å². The normalized spacial score (nSPS) is 30.8. The number of ether oxygens (including phenoxy) is 2. The number of halogens is 1. The molecule has 4 aliphatic heterocycles. The van der Waals surface area contributed by atoms with E-state index in [1.165, 1.54) is 4.90 Å². The van der Waals surface area contributed by atoms with Gasteiger partial charge in [0.25, 0.3) is 5.91 Å². The summed E-state index contributed by atoms with van der Waals surface area (Å²) < 4.78 is 12.3. The molecule has 6 atom stereocenters. The fourth-order valence-electron chi connectivity index (χ4n) is 6.96. The highest BCUT2D eigenvalue weighted by molar-refractivity contribution is 6.34. The lowest BCUT2D eigenvalue weighted by Crippen LogP contribution is -2.55. The van der Waals surface area contributed by atoms with Crippen molar-refractivity contribution in [1.29, 1.82) is 0 Å². The lowest BCUT2D eigenvalue weighted by molar-refractivity contribution is -0.146. The quantitative estimate of drug-likeness (QED) is 0.284. The topological polar surface area (TPSA) is 125 Å². The summed E-state index contributed by atoms with van der Waals surface area (Å²) in [6.07, 6.45) is 7.63. The zero-order chi connectivity index (χ0) is 31.6. The van der Waals surface area contributed by atoms with Crippen LogP contribution in [0.5, 0.6) is 0 Å². The van der Waals surface area contributed by atoms with Crippen molar-refractivity contribution in [3.63, 3.8) is 0 Å². The molecule has 1 spiro atoms. The number of allylic oxidation sites excluding steroid dienone is 1. The number of nitrogens with zero attached hydrogens (tertiary/aromatic N) is 2. The first-order valence-electron chi connectivity index (χ1n) is 15.4. The SMILES string of the molecule is O=C1CC/C=C\[C@H]2O[C@]34C=CCN(c5ccccc5Cl)C(=O)[C@H]3N(CCCCO)C(=O)[C@@H]4[C@H]2C(=O)N[C@H](c2ccccc2)CO1. The first-order valence-corrected chi connectivity index (χ1v) is 15.7. The summed E-state index contributed by atoms with van der Waals surface area (Å²) >= 11 is 6.53. The number of hydrogen-bond donors (Lipinski definition) is 2. The Kier molecular flexibility index (Phi) is 9.07. The number of aliphatic hydroxyl groups excluding tert-OH is 1. The molecular weight excluding hydrogens is 598 g/mol. The monoisotopic (exact) mass is 633 g/mol. The maximum absolute atomic E-state index is 14.5. The highest BCUT2D eigenvalue weighted by Gasteiger charge is 2.71. The van der Waals surface area contributed by atoms with Crippen LogP contribution in [0, 0.1) is 11.8 Å². The number of carbonyl (C=O) groups is 4. The molecule has 4 heterocycles. The smallest absolute Gasteiger partial charge is 0.306 e. The number of para-hydroxylation sites is 1. The first-order chi connectivity index (χ1) is 21.9. The number of amides is 3. The third-order valence-corrected chi connectivity index (χ3v) is 9.34. The minimum absolute atomic E-state index is 0.0548. The molecule has 236 valence electrons. The van der Waals surface area contributed by atoms with E-state index in [0.29, 0.717) is 30.0 Å². The molecule has 2 fully saturated rings. The average Bonchev–Trinajstić information content (AvgIpc) is 3.42. The number of hydrogen-bond acceptors (Lipinski definition) is 7. The minimum Gasteiger partial charge on any atom is -0.463 e. The van der Waals surface area contributed by atoms with Gasteiger partial charge in [-0.25, -0.2) is 0 Å². The van der Waals surface area contributed by atoms with Gasteiger partial charge in [-0.2, -0.15) is 0 Å². The Morgan fingerprint density at radius 2 is 1.76 bits per heavy atom. The van der Waals surface area contributed by atoms with Gasteiger partial charge in [-0.3, -0.25) is 19.2 Å². The van der Waals surface area contributed by atoms with E-state index in [0.717, 1.165) is 5.56 Å². The van der Waals surface area contributed by atoms with Crippen LogP contribution in [-0.2, 0) is 28.7 Å². The van der Waals surface area contributed by atoms with Crippen LogP contribution in [0.2, 0.25) is 5.02 Å². The summed E-state index contributed by atoms with van der Waals surface area (Å²) in [6.45, 7) is 0.281. The number of cyclic esters (lactones) is 1. The van der Waals surface area contributed by atoms with E-state index in [9.17, 15) is 24.3 Å². The van der Waals surface area contributed by atoms with Gasteiger partial charge in [0.1, 0.15) is 18.2 Å². The molecule has 0 radical (unpaired) electrons. The van der Waals surface area contributed by atoms with Crippen molar-refractivity contribution in [2.75, 3.05) is 31.2 Å². The van der Waals surface area contributed by atoms with Gasteiger partial charge in [-0.05, 0) is 37.0 Å². The second-order valence-corrected chi connectivity index (χ2v) is 12.1. The number of fused-ring (bicyclic) bond motifs is 2. The summed E-state index contributed by atoms with van der Waals surface area (Å²) in [5.74, 6) is -3.52. The summed E-state index contributed by atoms with van der Waals surface area (Å²) in [4.78, 5) is 58.8. The van der Waals surface area contributed by atoms with Gasteiger partial charge < -0.3 is 29.7 Å². The van der Waals surface area contributed by atoms with Crippen molar-refractivity contribution in [2.45, 2.75) is 49.5 Å². The number of unbranched alkanes of at least 4 members (excludes halogenated alkanes) is 1. The van der Waals surface area contributed by atoms with Crippen LogP contribution in [0.4, 0.5) is 5.69 Å². The Hall–Kier alpha value is -3.99. The molecule has 3 amide bonds. The number of esters is 1. The molecule has 0 aliphatic carbocycles. The van der Waals surface area contributed by atoms with E-state index in [1.54, 1.807) is 53.5 Å². The molecule has 10 nitrogen and oxygen atoms in total. The van der Waals surface area contributed by atoms with Crippen molar-refractivity contribution in [3.05, 3.63) is 89.5 Å². The standard InChI is InChI=1S/C34H36ClN3O7/c35-23-13-4-5-14-25(23)37-19-10-17-34-29(32(42)38(18-8-9-20-39)30(34)33(37)43)28-26(45-34)15-6-7-16-27(40)44-21-24(36-31(28)41)22-11-2-1-3-12-22/h1-6,10-15,17,24,26,28-30,39H,7-9,16,18-21H2,(H,36,41)/b15-6-/t24-,26+,28-,29-,30+,34-/m0/s1. The average molecular weight is 634 g/mol. The van der Waals surface area contributed by atoms with Crippen molar-refractivity contribution < 1.29 is 33.8 Å². The number of rotatable bonds is 6. The Morgan fingerprint density at radius 1 is 0.978 bits per heavy atom. The van der Waals surface area contributed by atoms with Gasteiger partial charge in [-0.1, -0.05) is 78.4 Å². The molecule has 0 aromatic heterocycles. The highest BCUT2D eigenvalue weighted by Crippen LogP contribution is 2.53. The third-order valence-electron chi connectivity index (χ3n) is 9.02. The summed E-state index contributed by atoms with van der Waals surface area (Å²) in [6, 6.07) is 14.5. The van der Waals surface area contributed by atoms with E-state index >= 15 is 0 Å². The Labute approximate surface area is 266 Å². The van der Waals surface area contributed by atoms with Gasteiger partial charge in [0.05, 0.1) is 34.7 Å². The Morgan fingerprint density at radius 3 is 2.53 bits per heavy atom. The predicted octanol–water partition coefficient (Wildman–Crippen LogP) is 3.35. The molecule has 0 unspecified atom stereocenters. The number of anilines is 1. The van der Waals surface area contributed by atoms with E-state index in [-0.39, 0.29) is 50.5 Å². The van der Waals surface area contributed by atoms with Crippen molar-refractivity contribution >= 4 is 41.0 Å². The lowest BCUT2D eigenvalue weighted by Gasteiger charge is -2.35. The van der Waals surface area contributed by atoms with Crippen LogP contribution >= 0.6 is 11.6 Å². The molecule has 11 heteroatoms. The second-order valence-electron chi connectivity index (χ2n) is 11.7. The maximum Gasteiger partial charge on any atom is 0.306 e. The fraction of sp³-hybridized carbons (Fsp3) is 0.412. The maximum atomic E-state index is 14.5. The molecule has 45 heavy (non-hydrogen) atoms. The highest BCUT2D eigenvalue weighted by atomic mass is 35.5. The largest absolute Gasteiger partial charge is 0.463 e. The van der Waals surface area contributed by atoms with Gasteiger partial charge in [0.2, 0.25) is 11.8 Å². The summed E-state index contributed by atoms with van der Waals surface area (Å²) in [5, 5.41) is 12.9. The van der Waals surface area contributed by atoms with Crippen LogP contribution < -0.4 is 10.2 Å². The van der Waals surface area contributed by atoms with Gasteiger partial charge >= 0.3 is 5.97 Å². The number of likely N-dealkylation sites (tertiary alicyclic amines) is 1. The fourth-order valence-corrected chi connectivity index (χ4v) is 7.20. The second kappa shape index (κ2) is 13.2. The minimum atomic E-state index is -1.44. The molecule has 0 bridgehead atoms. The molecule has 2 N–H and O–H groups in total. The van der Waals surface area contributed by atoms with Crippen molar-refractivity contribution in [1.82, 2.24) is 10.2 Å². The molecule has 2 aromatic rings. The Bertz CT molecular complexity index is 1510. The van der Waals surface area contributed by atoms with Crippen LogP contribution in [-0.4, -0.2) is 77.7 Å². The van der Waals surface area contributed by atoms with Gasteiger partial charge in [0, 0.05) is 26.1 Å². The number of benzene rings is 2. The van der Waals surface area contributed by atoms with E-state index in [4.69, 9.17) is 21.1 Å². The zero-order valence-electron chi connectivity index (χ0n) is 24.7. The molecule has 2 aromatic carbocycles. The number of aliphatic hydroxyl groups is 1. The first kappa shape index (κ1) is 31.0.